The topological polar surface area (TPSA) is 85.4 Å². The van der Waals surface area contributed by atoms with Crippen molar-refractivity contribution in [2.45, 2.75) is 0 Å². The molecule has 9 aromatic heterocycles. The zero-order chi connectivity index (χ0) is 80.2. The summed E-state index contributed by atoms with van der Waals surface area (Å²) in [6.45, 7) is 0. The van der Waals surface area contributed by atoms with Crippen molar-refractivity contribution in [3.05, 3.63) is 400 Å². The second kappa shape index (κ2) is 25.9. The second-order valence-corrected chi connectivity index (χ2v) is 32.4. The summed E-state index contributed by atoms with van der Waals surface area (Å²) in [7, 11) is 0. The lowest BCUT2D eigenvalue weighted by Gasteiger charge is -2.11. The number of benzene rings is 19. The SMILES string of the molecule is c1cc(-c2ccc3c(c2)c2ccccc2n3-c2cccc3oc4ccccc4c23)cc(-c2ccc3c(c2)c2ccccc2n3-c2cccc3oc4ccccc4c23)c1.c1ccc2c(c1)oc1cccc(-n3c4ccccc4c4cc(-c5ccc6oc7ccc(-c8ccc9c(c8)c8ccccc8n9-c8cccc9oc%10ccccc%10c89)cc7c6c5)ccc43)c12. The van der Waals surface area contributed by atoms with E-state index in [-0.39, 0.29) is 0 Å². The third-order valence-electron chi connectivity index (χ3n) is 25.8. The van der Waals surface area contributed by atoms with E-state index in [0.29, 0.717) is 0 Å². The Hall–Kier alpha value is -16.6. The Labute approximate surface area is 700 Å². The van der Waals surface area contributed by atoms with Crippen molar-refractivity contribution in [2.75, 3.05) is 0 Å². The summed E-state index contributed by atoms with van der Waals surface area (Å²) < 4.78 is 41.4. The van der Waals surface area contributed by atoms with Crippen LogP contribution in [0.4, 0.5) is 0 Å². The van der Waals surface area contributed by atoms with Crippen LogP contribution in [-0.4, -0.2) is 18.3 Å². The fraction of sp³-hybridized carbons (Fsp3) is 0. The second-order valence-electron chi connectivity index (χ2n) is 32.4. The number of furan rings is 5. The molecule has 0 saturated heterocycles. The van der Waals surface area contributed by atoms with Gasteiger partial charge in [0.25, 0.3) is 0 Å². The van der Waals surface area contributed by atoms with Gasteiger partial charge in [0, 0.05) is 75.4 Å². The lowest BCUT2D eigenvalue weighted by atomic mass is 9.97. The molecule has 9 nitrogen and oxygen atoms in total. The molecule has 9 heteroatoms. The van der Waals surface area contributed by atoms with E-state index < -0.39 is 0 Å². The summed E-state index contributed by atoms with van der Waals surface area (Å²) in [5.74, 6) is 0. The number of rotatable bonds is 8. The van der Waals surface area contributed by atoms with Gasteiger partial charge in [-0.05, 0) is 220 Å². The van der Waals surface area contributed by atoms with Gasteiger partial charge in [0.2, 0.25) is 0 Å². The fourth-order valence-corrected chi connectivity index (χ4v) is 20.4. The molecule has 0 spiro atoms. The van der Waals surface area contributed by atoms with Crippen LogP contribution >= 0.6 is 0 Å². The molecule has 0 radical (unpaired) electrons. The van der Waals surface area contributed by atoms with E-state index >= 15 is 0 Å². The molecule has 0 aliphatic carbocycles. The number of aromatic nitrogens is 4. The normalized spacial score (nSPS) is 12.2. The van der Waals surface area contributed by atoms with Gasteiger partial charge in [0.15, 0.2) is 0 Å². The van der Waals surface area contributed by atoms with Crippen molar-refractivity contribution in [1.82, 2.24) is 18.3 Å². The Bertz CT molecular complexity index is 8850. The summed E-state index contributed by atoms with van der Waals surface area (Å²) in [5.41, 5.74) is 32.0. The molecule has 9 heterocycles. The number of fused-ring (bicyclic) bond motifs is 27. The first-order valence-corrected chi connectivity index (χ1v) is 41.8. The Morgan fingerprint density at radius 3 is 0.602 bits per heavy atom. The predicted octanol–water partition coefficient (Wildman–Crippen LogP) is 31.9. The molecular formula is C114H66N4O5. The summed E-state index contributed by atoms with van der Waals surface area (Å²) >= 11 is 0. The molecule has 0 aliphatic rings. The van der Waals surface area contributed by atoms with Crippen molar-refractivity contribution in [3.63, 3.8) is 0 Å². The molecular weight excluding hydrogens is 1510 g/mol. The average Bonchev–Trinajstić information content (AvgIpc) is 1.54. The van der Waals surface area contributed by atoms with Gasteiger partial charge in [-0.1, -0.05) is 224 Å². The van der Waals surface area contributed by atoms with Crippen molar-refractivity contribution in [3.8, 4) is 67.3 Å². The van der Waals surface area contributed by atoms with Crippen LogP contribution in [0.1, 0.15) is 0 Å². The van der Waals surface area contributed by atoms with Crippen LogP contribution in [0.3, 0.4) is 0 Å². The van der Waals surface area contributed by atoms with E-state index in [4.69, 9.17) is 22.1 Å². The third-order valence-corrected chi connectivity index (χ3v) is 25.8. The molecule has 123 heavy (non-hydrogen) atoms. The van der Waals surface area contributed by atoms with Crippen LogP contribution in [0.25, 0.3) is 264 Å². The quantitative estimate of drug-likeness (QED) is 0.151. The van der Waals surface area contributed by atoms with Gasteiger partial charge in [-0.3, -0.25) is 0 Å². The van der Waals surface area contributed by atoms with Crippen LogP contribution in [0.15, 0.2) is 422 Å². The fourth-order valence-electron chi connectivity index (χ4n) is 20.4. The van der Waals surface area contributed by atoms with Crippen molar-refractivity contribution in [2.24, 2.45) is 0 Å². The number of para-hydroxylation sites is 8. The Kier molecular flexibility index (Phi) is 14.2. The summed E-state index contributed by atoms with van der Waals surface area (Å²) in [5, 5.41) is 20.9. The van der Waals surface area contributed by atoms with Crippen LogP contribution in [-0.2, 0) is 0 Å². The van der Waals surface area contributed by atoms with Crippen molar-refractivity contribution in [1.29, 1.82) is 0 Å². The molecule has 28 aromatic rings. The minimum absolute atomic E-state index is 0.874. The minimum Gasteiger partial charge on any atom is -0.456 e. The number of hydrogen-bond donors (Lipinski definition) is 0. The van der Waals surface area contributed by atoms with E-state index in [1.165, 1.54) is 87.4 Å². The maximum atomic E-state index is 6.49. The molecule has 0 unspecified atom stereocenters. The van der Waals surface area contributed by atoms with Gasteiger partial charge in [-0.2, -0.15) is 0 Å². The lowest BCUT2D eigenvalue weighted by molar-refractivity contribution is 0.668. The zero-order valence-electron chi connectivity index (χ0n) is 65.9. The Balaban J connectivity index is 0.000000130. The van der Waals surface area contributed by atoms with Crippen LogP contribution in [0.5, 0.6) is 0 Å². The van der Waals surface area contributed by atoms with Gasteiger partial charge in [-0.15, -0.1) is 0 Å². The van der Waals surface area contributed by atoms with E-state index in [2.05, 4.69) is 370 Å². The standard InChI is InChI=1S/C60H34N2O3.C54H32N2O2/c1-5-15-47-39(11-1)43-31-35(23-27-49(43)61(47)51-17-9-21-57-59(51)41-13-3-7-19-53(41)64-57)37-25-29-55-45(33-37)46-34-38(26-30-56(46)63-55)36-24-28-50-44(32-36)40-12-2-6-16-48(40)62(50)52-18-10-22-58-60(52)42-14-4-8-20-54(42)65-58;1-5-18-43-37(14-1)41-31-35(26-28-45(41)55(43)47-20-10-24-51-53(47)39-16-3-7-22-49(39)57-51)33-12-9-13-34(30-33)36-27-29-46-42(32-36)38-15-2-6-19-44(38)56(46)48-21-11-25-52-54(48)40-17-4-8-23-50(40)58-52/h1-34H;1-32H. The zero-order valence-corrected chi connectivity index (χ0v) is 65.9. The average molecular weight is 1570 g/mol. The molecule has 0 saturated carbocycles. The van der Waals surface area contributed by atoms with Crippen LogP contribution < -0.4 is 0 Å². The largest absolute Gasteiger partial charge is 0.456 e. The summed E-state index contributed by atoms with van der Waals surface area (Å²) in [6.07, 6.45) is 0. The molecule has 28 rings (SSSR count). The van der Waals surface area contributed by atoms with Gasteiger partial charge >= 0.3 is 0 Å². The smallest absolute Gasteiger partial charge is 0.137 e. The first-order chi connectivity index (χ1) is 61.0. The number of hydrogen-bond acceptors (Lipinski definition) is 5. The predicted molar refractivity (Wildman–Crippen MR) is 508 cm³/mol. The molecule has 0 amide bonds. The maximum Gasteiger partial charge on any atom is 0.137 e. The lowest BCUT2D eigenvalue weighted by Crippen LogP contribution is -1.94. The van der Waals surface area contributed by atoms with Crippen molar-refractivity contribution < 1.29 is 22.1 Å². The molecule has 0 N–H and O–H groups in total. The highest BCUT2D eigenvalue weighted by Crippen LogP contribution is 2.48. The van der Waals surface area contributed by atoms with Crippen LogP contribution in [0.2, 0.25) is 0 Å². The molecule has 0 atom stereocenters. The van der Waals surface area contributed by atoms with E-state index in [1.54, 1.807) is 0 Å². The van der Waals surface area contributed by atoms with E-state index in [9.17, 15) is 0 Å². The number of nitrogens with zero attached hydrogens (tertiary/aromatic N) is 4. The van der Waals surface area contributed by atoms with Crippen LogP contribution in [0, 0.1) is 0 Å². The Morgan fingerprint density at radius 2 is 0.317 bits per heavy atom. The first kappa shape index (κ1) is 67.4. The highest BCUT2D eigenvalue weighted by atomic mass is 16.3. The Morgan fingerprint density at radius 1 is 0.122 bits per heavy atom. The van der Waals surface area contributed by atoms with Crippen molar-refractivity contribution >= 4 is 197 Å². The summed E-state index contributed by atoms with van der Waals surface area (Å²) in [6, 6.07) is 143. The molecule has 0 bridgehead atoms. The van der Waals surface area contributed by atoms with E-state index in [1.807, 2.05) is 48.5 Å². The van der Waals surface area contributed by atoms with Gasteiger partial charge in [0.05, 0.1) is 88.4 Å². The van der Waals surface area contributed by atoms with Gasteiger partial charge < -0.3 is 40.4 Å². The molecule has 0 aliphatic heterocycles. The van der Waals surface area contributed by atoms with Gasteiger partial charge in [-0.25, -0.2) is 0 Å². The highest BCUT2D eigenvalue weighted by Gasteiger charge is 2.26. The van der Waals surface area contributed by atoms with E-state index in [0.717, 1.165) is 177 Å². The molecule has 572 valence electrons. The molecule has 0 fully saturated rings. The van der Waals surface area contributed by atoms with Gasteiger partial charge in [0.1, 0.15) is 55.8 Å². The summed E-state index contributed by atoms with van der Waals surface area (Å²) in [4.78, 5) is 0. The maximum absolute atomic E-state index is 6.49. The minimum atomic E-state index is 0.874. The molecule has 19 aromatic carbocycles. The monoisotopic (exact) mass is 1570 g/mol. The first-order valence-electron chi connectivity index (χ1n) is 41.8. The third kappa shape index (κ3) is 10.0. The highest BCUT2D eigenvalue weighted by molar-refractivity contribution is 6.21.